The quantitative estimate of drug-likeness (QED) is 0.214. The van der Waals surface area contributed by atoms with E-state index in [0.717, 1.165) is 5.57 Å². The van der Waals surface area contributed by atoms with E-state index in [-0.39, 0.29) is 0 Å². The van der Waals surface area contributed by atoms with E-state index in [0.29, 0.717) is 38.5 Å². The molecular formula is C21H34ClNO7. The first-order chi connectivity index (χ1) is 14.1. The van der Waals surface area contributed by atoms with Crippen molar-refractivity contribution in [3.05, 3.63) is 11.6 Å². The lowest BCUT2D eigenvalue weighted by Gasteiger charge is -2.55. The molecule has 1 aliphatic rings. The summed E-state index contributed by atoms with van der Waals surface area (Å²) in [7, 11) is 0. The normalized spacial score (nSPS) is 18.8. The average Bonchev–Trinajstić information content (AvgIpc) is 2.68. The Morgan fingerprint density at radius 1 is 1.03 bits per heavy atom. The monoisotopic (exact) mass is 447 g/mol. The molecule has 0 radical (unpaired) electrons. The maximum Gasteiger partial charge on any atom is 0.529 e. The average molecular weight is 448 g/mol. The predicted octanol–water partition coefficient (Wildman–Crippen LogP) is 4.84. The van der Waals surface area contributed by atoms with Crippen LogP contribution in [-0.4, -0.2) is 46.6 Å². The summed E-state index contributed by atoms with van der Waals surface area (Å²) in [4.78, 5) is 41.1. The van der Waals surface area contributed by atoms with Gasteiger partial charge >= 0.3 is 18.1 Å². The molecule has 0 aliphatic carbocycles. The van der Waals surface area contributed by atoms with E-state index in [1.54, 1.807) is 12.0 Å². The number of ether oxygens (including phenoxy) is 3. The third-order valence-corrected chi connectivity index (χ3v) is 5.91. The highest BCUT2D eigenvalue weighted by Crippen LogP contribution is 2.48. The van der Waals surface area contributed by atoms with Gasteiger partial charge in [-0.15, -0.1) is 5.06 Å². The fourth-order valence-electron chi connectivity index (χ4n) is 4.03. The van der Waals surface area contributed by atoms with Crippen LogP contribution in [-0.2, 0) is 28.6 Å². The van der Waals surface area contributed by atoms with Crippen LogP contribution in [0, 0.1) is 0 Å². The summed E-state index contributed by atoms with van der Waals surface area (Å²) in [6.45, 7) is 10.4. The maximum absolute atomic E-state index is 12.3. The van der Waals surface area contributed by atoms with Crippen LogP contribution in [0.3, 0.4) is 0 Å². The number of nitrogens with zero attached hydrogens (tertiary/aromatic N) is 1. The number of halogens is 1. The zero-order valence-corrected chi connectivity index (χ0v) is 19.5. The Hall–Kier alpha value is -1.80. The molecule has 1 unspecified atom stereocenters. The molecule has 1 rings (SSSR count). The van der Waals surface area contributed by atoms with Crippen LogP contribution in [0.2, 0.25) is 0 Å². The SMILES string of the molecule is CCC1(CC)CC(=CC(=O)OCOC(C)=O)CC(CC)(CC)N1OC(=O)OC(C)Cl. The van der Waals surface area contributed by atoms with Gasteiger partial charge in [-0.25, -0.2) is 9.59 Å². The highest BCUT2D eigenvalue weighted by Gasteiger charge is 2.53. The van der Waals surface area contributed by atoms with Crippen molar-refractivity contribution in [1.29, 1.82) is 0 Å². The summed E-state index contributed by atoms with van der Waals surface area (Å²) in [5.41, 5.74) is -0.934. The summed E-state index contributed by atoms with van der Waals surface area (Å²) < 4.78 is 14.6. The summed E-state index contributed by atoms with van der Waals surface area (Å²) in [5, 5.41) is 1.78. The molecule has 1 saturated heterocycles. The first-order valence-corrected chi connectivity index (χ1v) is 10.8. The topological polar surface area (TPSA) is 91.4 Å². The van der Waals surface area contributed by atoms with Gasteiger partial charge in [-0.05, 0) is 45.4 Å². The Morgan fingerprint density at radius 3 is 1.93 bits per heavy atom. The van der Waals surface area contributed by atoms with E-state index in [1.807, 2.05) is 27.7 Å². The van der Waals surface area contributed by atoms with Crippen LogP contribution in [0.1, 0.15) is 80.1 Å². The molecule has 1 fully saturated rings. The minimum atomic E-state index is -0.844. The summed E-state index contributed by atoms with van der Waals surface area (Å²) in [6, 6.07) is 0. The predicted molar refractivity (Wildman–Crippen MR) is 111 cm³/mol. The number of hydroxylamine groups is 2. The number of alkyl halides is 1. The van der Waals surface area contributed by atoms with Crippen molar-refractivity contribution in [1.82, 2.24) is 5.06 Å². The van der Waals surface area contributed by atoms with Crippen LogP contribution in [0.25, 0.3) is 0 Å². The first-order valence-electron chi connectivity index (χ1n) is 10.4. The largest absolute Gasteiger partial charge is 0.529 e. The van der Waals surface area contributed by atoms with Crippen molar-refractivity contribution in [3.63, 3.8) is 0 Å². The maximum atomic E-state index is 12.3. The molecule has 1 atom stereocenters. The molecule has 9 heteroatoms. The molecule has 0 aromatic heterocycles. The Bertz CT molecular complexity index is 615. The molecule has 0 aromatic rings. The van der Waals surface area contributed by atoms with E-state index < -0.39 is 41.5 Å². The number of hydrogen-bond acceptors (Lipinski definition) is 8. The number of hydrogen-bond donors (Lipinski definition) is 0. The summed E-state index contributed by atoms with van der Waals surface area (Å²) >= 11 is 5.78. The second-order valence-corrected chi connectivity index (χ2v) is 8.15. The lowest BCUT2D eigenvalue weighted by Crippen LogP contribution is -2.63. The fourth-order valence-corrected chi connectivity index (χ4v) is 4.10. The van der Waals surface area contributed by atoms with E-state index in [4.69, 9.17) is 25.9 Å². The van der Waals surface area contributed by atoms with Crippen molar-refractivity contribution in [3.8, 4) is 0 Å². The highest BCUT2D eigenvalue weighted by atomic mass is 35.5. The van der Waals surface area contributed by atoms with Gasteiger partial charge in [-0.2, -0.15) is 0 Å². The second kappa shape index (κ2) is 11.6. The first kappa shape index (κ1) is 26.2. The van der Waals surface area contributed by atoms with Crippen molar-refractivity contribution in [2.45, 2.75) is 96.7 Å². The highest BCUT2D eigenvalue weighted by molar-refractivity contribution is 6.19. The Labute approximate surface area is 183 Å². The molecule has 0 spiro atoms. The van der Waals surface area contributed by atoms with Gasteiger partial charge in [0.1, 0.15) is 0 Å². The third-order valence-electron chi connectivity index (χ3n) is 5.82. The number of piperidine rings is 1. The van der Waals surface area contributed by atoms with Crippen molar-refractivity contribution >= 4 is 29.7 Å². The van der Waals surface area contributed by atoms with Gasteiger partial charge in [0.2, 0.25) is 6.79 Å². The molecule has 1 aliphatic heterocycles. The van der Waals surface area contributed by atoms with Crippen LogP contribution in [0.4, 0.5) is 4.79 Å². The smallest absolute Gasteiger partial charge is 0.428 e. The van der Waals surface area contributed by atoms with Gasteiger partial charge in [-0.1, -0.05) is 44.9 Å². The second-order valence-electron chi connectivity index (χ2n) is 7.53. The van der Waals surface area contributed by atoms with Crippen LogP contribution < -0.4 is 0 Å². The zero-order valence-electron chi connectivity index (χ0n) is 18.8. The number of rotatable bonds is 9. The van der Waals surface area contributed by atoms with E-state index >= 15 is 0 Å². The van der Waals surface area contributed by atoms with E-state index in [9.17, 15) is 14.4 Å². The summed E-state index contributed by atoms with van der Waals surface area (Å²) in [6.07, 6.45) is 4.42. The number of carbonyl (C=O) groups excluding carboxylic acids is 3. The minimum Gasteiger partial charge on any atom is -0.428 e. The molecule has 0 aromatic carbocycles. The van der Waals surface area contributed by atoms with E-state index in [2.05, 4.69) is 4.74 Å². The van der Waals surface area contributed by atoms with Gasteiger partial charge < -0.3 is 19.0 Å². The number of esters is 2. The Morgan fingerprint density at radius 2 is 1.53 bits per heavy atom. The molecule has 0 amide bonds. The van der Waals surface area contributed by atoms with Gasteiger partial charge in [0.05, 0.1) is 11.1 Å². The molecule has 8 nitrogen and oxygen atoms in total. The molecule has 172 valence electrons. The molecular weight excluding hydrogens is 414 g/mol. The third kappa shape index (κ3) is 6.60. The standard InChI is InChI=1S/C21H34ClNO7/c1-7-20(8-2)12-17(11-18(25)28-14-27-16(6)24)13-21(9-3,10-4)23(20)30-19(26)29-15(5)22/h11,15H,7-10,12-14H2,1-6H3. The lowest BCUT2D eigenvalue weighted by molar-refractivity contribution is -0.266. The molecule has 0 saturated carbocycles. The van der Waals surface area contributed by atoms with Gasteiger partial charge in [0, 0.05) is 13.0 Å². The van der Waals surface area contributed by atoms with Crippen LogP contribution in [0.5, 0.6) is 0 Å². The van der Waals surface area contributed by atoms with Crippen molar-refractivity contribution < 1.29 is 33.4 Å². The Balaban J connectivity index is 3.21. The van der Waals surface area contributed by atoms with Gasteiger partial charge in [0.25, 0.3) is 0 Å². The van der Waals surface area contributed by atoms with Gasteiger partial charge in [0.15, 0.2) is 5.56 Å². The minimum absolute atomic E-state index is 0.422. The molecule has 30 heavy (non-hydrogen) atoms. The molecule has 0 bridgehead atoms. The van der Waals surface area contributed by atoms with E-state index in [1.165, 1.54) is 13.0 Å². The van der Waals surface area contributed by atoms with Crippen LogP contribution >= 0.6 is 11.6 Å². The molecule has 0 N–H and O–H groups in total. The molecule has 1 heterocycles. The number of carbonyl (C=O) groups is 3. The lowest BCUT2D eigenvalue weighted by atomic mass is 9.71. The Kier molecular flexibility index (Phi) is 10.1. The van der Waals surface area contributed by atoms with Gasteiger partial charge in [-0.3, -0.25) is 4.79 Å². The fraction of sp³-hybridized carbons (Fsp3) is 0.762. The van der Waals surface area contributed by atoms with Crippen LogP contribution in [0.15, 0.2) is 11.6 Å². The van der Waals surface area contributed by atoms with Crippen molar-refractivity contribution in [2.24, 2.45) is 0 Å². The summed E-state index contributed by atoms with van der Waals surface area (Å²) in [5.74, 6) is -1.09. The van der Waals surface area contributed by atoms with Crippen molar-refractivity contribution in [2.75, 3.05) is 6.79 Å². The zero-order chi connectivity index (χ0) is 22.9.